The van der Waals surface area contributed by atoms with E-state index in [-0.39, 0.29) is 18.4 Å². The van der Waals surface area contributed by atoms with Gasteiger partial charge in [0.05, 0.1) is 0 Å². The molecule has 0 unspecified atom stereocenters. The summed E-state index contributed by atoms with van der Waals surface area (Å²) >= 11 is 0. The summed E-state index contributed by atoms with van der Waals surface area (Å²) in [6.07, 6.45) is 2.10. The number of hydrogen-bond acceptors (Lipinski definition) is 2. The fourth-order valence-corrected chi connectivity index (χ4v) is 1.82. The number of hydrogen-bond donors (Lipinski definition) is 1. The van der Waals surface area contributed by atoms with Crippen molar-refractivity contribution < 1.29 is 9.59 Å². The van der Waals surface area contributed by atoms with Gasteiger partial charge in [-0.1, -0.05) is 12.1 Å². The topological polar surface area (TPSA) is 49.4 Å². The van der Waals surface area contributed by atoms with E-state index >= 15 is 0 Å². The number of carbonyl (C=O) groups is 2. The Balaban J connectivity index is 2.07. The molecule has 18 heavy (non-hydrogen) atoms. The molecule has 4 heteroatoms. The fraction of sp³-hybridized carbons (Fsp3) is 0.429. The third-order valence-corrected chi connectivity index (χ3v) is 2.94. The SMILES string of the molecule is CC(=O)N(CC(=O)NC1CC1)c1cccc(C)c1. The molecule has 0 bridgehead atoms. The van der Waals surface area contributed by atoms with Crippen LogP contribution in [0.2, 0.25) is 0 Å². The van der Waals surface area contributed by atoms with Crippen molar-refractivity contribution in [3.63, 3.8) is 0 Å². The van der Waals surface area contributed by atoms with Crippen molar-refractivity contribution in [3.05, 3.63) is 29.8 Å². The van der Waals surface area contributed by atoms with Crippen LogP contribution in [0.3, 0.4) is 0 Å². The largest absolute Gasteiger partial charge is 0.352 e. The van der Waals surface area contributed by atoms with Crippen molar-refractivity contribution in [2.24, 2.45) is 0 Å². The number of anilines is 1. The number of amides is 2. The smallest absolute Gasteiger partial charge is 0.240 e. The molecule has 1 fully saturated rings. The van der Waals surface area contributed by atoms with Gasteiger partial charge in [0.25, 0.3) is 0 Å². The lowest BCUT2D eigenvalue weighted by Crippen LogP contribution is -2.40. The minimum absolute atomic E-state index is 0.0887. The first-order chi connectivity index (χ1) is 8.56. The summed E-state index contributed by atoms with van der Waals surface area (Å²) < 4.78 is 0. The lowest BCUT2D eigenvalue weighted by molar-refractivity contribution is -0.123. The first-order valence-electron chi connectivity index (χ1n) is 6.20. The Morgan fingerprint density at radius 2 is 2.11 bits per heavy atom. The second-order valence-electron chi connectivity index (χ2n) is 4.79. The molecule has 2 rings (SSSR count). The summed E-state index contributed by atoms with van der Waals surface area (Å²) in [5.41, 5.74) is 1.84. The number of carbonyl (C=O) groups excluding carboxylic acids is 2. The van der Waals surface area contributed by atoms with Crippen molar-refractivity contribution >= 4 is 17.5 Å². The van der Waals surface area contributed by atoms with E-state index in [9.17, 15) is 9.59 Å². The van der Waals surface area contributed by atoms with E-state index in [1.165, 1.54) is 11.8 Å². The summed E-state index contributed by atoms with van der Waals surface area (Å²) in [4.78, 5) is 24.9. The highest BCUT2D eigenvalue weighted by molar-refractivity contribution is 5.97. The molecule has 1 aromatic rings. The van der Waals surface area contributed by atoms with Crippen LogP contribution in [0.15, 0.2) is 24.3 Å². The molecule has 0 aromatic heterocycles. The third-order valence-electron chi connectivity index (χ3n) is 2.94. The zero-order valence-electron chi connectivity index (χ0n) is 10.8. The lowest BCUT2D eigenvalue weighted by atomic mass is 10.2. The van der Waals surface area contributed by atoms with Crippen LogP contribution in [0.25, 0.3) is 0 Å². The van der Waals surface area contributed by atoms with E-state index in [4.69, 9.17) is 0 Å². The second kappa shape index (κ2) is 5.21. The maximum Gasteiger partial charge on any atom is 0.240 e. The standard InChI is InChI=1S/C14H18N2O2/c1-10-4-3-5-13(8-10)16(11(2)17)9-14(18)15-12-6-7-12/h3-5,8,12H,6-7,9H2,1-2H3,(H,15,18). The van der Waals surface area contributed by atoms with Gasteiger partial charge in [-0.25, -0.2) is 0 Å². The zero-order chi connectivity index (χ0) is 13.1. The maximum absolute atomic E-state index is 11.8. The number of nitrogens with zero attached hydrogens (tertiary/aromatic N) is 1. The highest BCUT2D eigenvalue weighted by atomic mass is 16.2. The van der Waals surface area contributed by atoms with Gasteiger partial charge in [-0.05, 0) is 37.5 Å². The zero-order valence-corrected chi connectivity index (χ0v) is 10.8. The molecule has 0 radical (unpaired) electrons. The average molecular weight is 246 g/mol. The van der Waals surface area contributed by atoms with Gasteiger partial charge < -0.3 is 10.2 Å². The third kappa shape index (κ3) is 3.32. The molecule has 0 heterocycles. The normalized spacial score (nSPS) is 14.1. The Morgan fingerprint density at radius 1 is 1.39 bits per heavy atom. The molecule has 0 aliphatic heterocycles. The van der Waals surface area contributed by atoms with Gasteiger partial charge in [0.15, 0.2) is 0 Å². The predicted molar refractivity (Wildman–Crippen MR) is 70.4 cm³/mol. The van der Waals surface area contributed by atoms with Crippen molar-refractivity contribution in [1.82, 2.24) is 5.32 Å². The van der Waals surface area contributed by atoms with E-state index in [0.717, 1.165) is 24.1 Å². The van der Waals surface area contributed by atoms with Crippen molar-refractivity contribution in [3.8, 4) is 0 Å². The van der Waals surface area contributed by atoms with Crippen LogP contribution in [-0.2, 0) is 9.59 Å². The molecule has 0 spiro atoms. The van der Waals surface area contributed by atoms with Crippen molar-refractivity contribution in [2.75, 3.05) is 11.4 Å². The van der Waals surface area contributed by atoms with Gasteiger partial charge >= 0.3 is 0 Å². The molecule has 2 amide bonds. The molecule has 1 aliphatic rings. The van der Waals surface area contributed by atoms with E-state index in [1.54, 1.807) is 0 Å². The van der Waals surface area contributed by atoms with Crippen molar-refractivity contribution in [2.45, 2.75) is 32.7 Å². The first kappa shape index (κ1) is 12.6. The second-order valence-corrected chi connectivity index (χ2v) is 4.79. The van der Waals surface area contributed by atoms with E-state index in [2.05, 4.69) is 5.32 Å². The monoisotopic (exact) mass is 246 g/mol. The molecule has 0 saturated heterocycles. The van der Waals surface area contributed by atoms with Gasteiger partial charge in [-0.15, -0.1) is 0 Å². The molecule has 1 saturated carbocycles. The Kier molecular flexibility index (Phi) is 3.65. The first-order valence-corrected chi connectivity index (χ1v) is 6.20. The van der Waals surface area contributed by atoms with Gasteiger partial charge in [-0.3, -0.25) is 9.59 Å². The summed E-state index contributed by atoms with van der Waals surface area (Å²) in [6.45, 7) is 3.54. The number of aryl methyl sites for hydroxylation is 1. The number of nitrogens with one attached hydrogen (secondary N) is 1. The fourth-order valence-electron chi connectivity index (χ4n) is 1.82. The minimum atomic E-state index is -0.119. The highest BCUT2D eigenvalue weighted by Crippen LogP contribution is 2.19. The Hall–Kier alpha value is -1.84. The molecule has 1 aliphatic carbocycles. The lowest BCUT2D eigenvalue weighted by Gasteiger charge is -2.21. The Morgan fingerprint density at radius 3 is 2.67 bits per heavy atom. The van der Waals surface area contributed by atoms with Crippen LogP contribution in [0.1, 0.15) is 25.3 Å². The molecule has 1 N–H and O–H groups in total. The summed E-state index contributed by atoms with van der Waals surface area (Å²) in [5, 5.41) is 2.89. The van der Waals surface area contributed by atoms with E-state index in [1.807, 2.05) is 31.2 Å². The van der Waals surface area contributed by atoms with Crippen LogP contribution in [0, 0.1) is 6.92 Å². The predicted octanol–water partition coefficient (Wildman–Crippen LogP) is 1.63. The molecular formula is C14H18N2O2. The summed E-state index contributed by atoms with van der Waals surface area (Å²) in [7, 11) is 0. The molecule has 96 valence electrons. The van der Waals surface area contributed by atoms with E-state index in [0.29, 0.717) is 6.04 Å². The van der Waals surface area contributed by atoms with Crippen molar-refractivity contribution in [1.29, 1.82) is 0 Å². The van der Waals surface area contributed by atoms with E-state index < -0.39 is 0 Å². The van der Waals surface area contributed by atoms with Crippen LogP contribution in [0.4, 0.5) is 5.69 Å². The van der Waals surface area contributed by atoms with Crippen LogP contribution < -0.4 is 10.2 Å². The summed E-state index contributed by atoms with van der Waals surface area (Å²) in [5.74, 6) is -0.208. The maximum atomic E-state index is 11.8. The molecule has 1 aromatic carbocycles. The van der Waals surface area contributed by atoms with Crippen LogP contribution in [-0.4, -0.2) is 24.4 Å². The van der Waals surface area contributed by atoms with Gasteiger partial charge in [0.2, 0.25) is 11.8 Å². The van der Waals surface area contributed by atoms with Crippen LogP contribution >= 0.6 is 0 Å². The number of benzene rings is 1. The molecule has 4 nitrogen and oxygen atoms in total. The Labute approximate surface area is 107 Å². The van der Waals surface area contributed by atoms with Gasteiger partial charge in [0, 0.05) is 18.7 Å². The highest BCUT2D eigenvalue weighted by Gasteiger charge is 2.25. The molecule has 0 atom stereocenters. The summed E-state index contributed by atoms with van der Waals surface area (Å²) in [6, 6.07) is 7.93. The van der Waals surface area contributed by atoms with Crippen LogP contribution in [0.5, 0.6) is 0 Å². The average Bonchev–Trinajstić information content (AvgIpc) is 3.09. The number of rotatable bonds is 4. The van der Waals surface area contributed by atoms with Gasteiger partial charge in [-0.2, -0.15) is 0 Å². The quantitative estimate of drug-likeness (QED) is 0.877. The molecular weight excluding hydrogens is 228 g/mol. The Bertz CT molecular complexity index is 467. The van der Waals surface area contributed by atoms with Gasteiger partial charge in [0.1, 0.15) is 6.54 Å². The minimum Gasteiger partial charge on any atom is -0.352 e.